The third kappa shape index (κ3) is 5.25. The minimum atomic E-state index is -0.665. The van der Waals surface area contributed by atoms with Gasteiger partial charge in [0.05, 0.1) is 12.5 Å². The van der Waals surface area contributed by atoms with E-state index in [1.165, 1.54) is 23.1 Å². The zero-order valence-corrected chi connectivity index (χ0v) is 17.9. The van der Waals surface area contributed by atoms with Crippen LogP contribution < -0.4 is 0 Å². The summed E-state index contributed by atoms with van der Waals surface area (Å²) in [7, 11) is 0. The number of ether oxygens (including phenoxy) is 1. The van der Waals surface area contributed by atoms with Crippen molar-refractivity contribution in [3.63, 3.8) is 0 Å². The highest BCUT2D eigenvalue weighted by Crippen LogP contribution is 2.27. The van der Waals surface area contributed by atoms with Crippen molar-refractivity contribution in [1.29, 1.82) is 0 Å². The van der Waals surface area contributed by atoms with Crippen LogP contribution in [0.4, 0.5) is 4.39 Å². The number of carbonyl (C=O) groups excluding carboxylic acids is 2. The first-order valence-corrected chi connectivity index (χ1v) is 10.8. The fourth-order valence-electron chi connectivity index (χ4n) is 4.03. The number of hydrogen-bond acceptors (Lipinski definition) is 6. The maximum atomic E-state index is 13.4. The third-order valence-corrected chi connectivity index (χ3v) is 5.99. The Labute approximate surface area is 185 Å². The van der Waals surface area contributed by atoms with Crippen molar-refractivity contribution >= 4 is 11.8 Å². The van der Waals surface area contributed by atoms with Gasteiger partial charge in [-0.25, -0.2) is 9.07 Å². The molecule has 1 heterocycles. The van der Waals surface area contributed by atoms with Gasteiger partial charge < -0.3 is 4.74 Å². The Morgan fingerprint density at radius 2 is 1.88 bits per heavy atom. The van der Waals surface area contributed by atoms with Crippen LogP contribution in [0.3, 0.4) is 0 Å². The Morgan fingerprint density at radius 1 is 1.16 bits per heavy atom. The fourth-order valence-corrected chi connectivity index (χ4v) is 4.03. The van der Waals surface area contributed by atoms with E-state index in [0.29, 0.717) is 17.8 Å². The quantitative estimate of drug-likeness (QED) is 0.499. The van der Waals surface area contributed by atoms with Gasteiger partial charge in [-0.05, 0) is 65.4 Å². The summed E-state index contributed by atoms with van der Waals surface area (Å²) in [6.07, 6.45) is 4.13. The number of nitrogens with zero attached hydrogens (tertiary/aromatic N) is 4. The molecule has 8 heteroatoms. The van der Waals surface area contributed by atoms with Gasteiger partial charge in [0.25, 0.3) is 0 Å². The lowest BCUT2D eigenvalue weighted by atomic mass is 9.94. The molecule has 3 atom stereocenters. The molecular weight excluding hydrogens is 411 g/mol. The topological polar surface area (TPSA) is 87.0 Å². The molecule has 2 unspecified atom stereocenters. The second-order valence-electron chi connectivity index (χ2n) is 8.23. The lowest BCUT2D eigenvalue weighted by Crippen LogP contribution is -2.21. The summed E-state index contributed by atoms with van der Waals surface area (Å²) in [5.41, 5.74) is 2.58. The molecule has 4 rings (SSSR count). The van der Waals surface area contributed by atoms with Crippen LogP contribution in [0.15, 0.2) is 54.9 Å². The third-order valence-electron chi connectivity index (χ3n) is 5.99. The van der Waals surface area contributed by atoms with Crippen LogP contribution in [0.2, 0.25) is 0 Å². The number of esters is 1. The van der Waals surface area contributed by atoms with Crippen LogP contribution in [-0.4, -0.2) is 32.0 Å². The summed E-state index contributed by atoms with van der Waals surface area (Å²) in [6, 6.07) is 13.6. The minimum Gasteiger partial charge on any atom is -0.455 e. The molecule has 3 aromatic rings. The smallest absolute Gasteiger partial charge is 0.313 e. The number of tetrazole rings is 1. The van der Waals surface area contributed by atoms with E-state index in [4.69, 9.17) is 4.74 Å². The second-order valence-corrected chi connectivity index (χ2v) is 8.23. The van der Waals surface area contributed by atoms with Gasteiger partial charge in [-0.3, -0.25) is 9.59 Å². The number of hydrogen-bond donors (Lipinski definition) is 0. The minimum absolute atomic E-state index is 0.117. The molecule has 1 aliphatic rings. The van der Waals surface area contributed by atoms with Crippen LogP contribution in [-0.2, 0) is 27.3 Å². The molecule has 7 nitrogen and oxygen atoms in total. The van der Waals surface area contributed by atoms with E-state index < -0.39 is 18.0 Å². The van der Waals surface area contributed by atoms with Gasteiger partial charge >= 0.3 is 5.97 Å². The molecule has 1 fully saturated rings. The number of Topliss-reactive ketones (excluding diaryl/α,β-unsaturated/α-hetero) is 1. The Balaban J connectivity index is 1.43. The van der Waals surface area contributed by atoms with E-state index in [1.807, 2.05) is 24.3 Å². The molecule has 0 N–H and O–H groups in total. The first-order chi connectivity index (χ1) is 15.5. The van der Waals surface area contributed by atoms with E-state index in [1.54, 1.807) is 19.1 Å². The monoisotopic (exact) mass is 436 g/mol. The number of halogens is 1. The molecule has 0 radical (unpaired) electrons. The van der Waals surface area contributed by atoms with E-state index in [0.717, 1.165) is 30.4 Å². The summed E-state index contributed by atoms with van der Waals surface area (Å²) in [6.45, 7) is 2.00. The Morgan fingerprint density at radius 3 is 2.50 bits per heavy atom. The number of rotatable bonds is 8. The van der Waals surface area contributed by atoms with Crippen LogP contribution in [0, 0.1) is 11.7 Å². The average Bonchev–Trinajstić information content (AvgIpc) is 3.46. The summed E-state index contributed by atoms with van der Waals surface area (Å²) in [4.78, 5) is 24.8. The maximum Gasteiger partial charge on any atom is 0.313 e. The normalized spacial score (nSPS) is 17.8. The first kappa shape index (κ1) is 21.8. The number of ketones is 1. The number of aromatic nitrogens is 4. The SMILES string of the molecule is C[C@H](C(=O)OC(Cn1cnnn1)c1ccc(F)cc1)c1ccc(CC2CCCC2=O)cc1. The Hall–Kier alpha value is -3.42. The van der Waals surface area contributed by atoms with Crippen molar-refractivity contribution < 1.29 is 18.7 Å². The number of benzene rings is 2. The molecule has 1 aromatic heterocycles. The Bertz CT molecular complexity index is 1050. The molecule has 0 bridgehead atoms. The predicted octanol–water partition coefficient (Wildman–Crippen LogP) is 3.81. The summed E-state index contributed by atoms with van der Waals surface area (Å²) >= 11 is 0. The molecule has 0 spiro atoms. The van der Waals surface area contributed by atoms with Gasteiger partial charge in [0.15, 0.2) is 0 Å². The highest BCUT2D eigenvalue weighted by atomic mass is 19.1. The van der Waals surface area contributed by atoms with Crippen LogP contribution in [0.5, 0.6) is 0 Å². The van der Waals surface area contributed by atoms with Crippen molar-refractivity contribution in [2.45, 2.75) is 51.2 Å². The van der Waals surface area contributed by atoms with E-state index in [-0.39, 0.29) is 18.3 Å². The van der Waals surface area contributed by atoms with E-state index in [9.17, 15) is 14.0 Å². The van der Waals surface area contributed by atoms with Gasteiger partial charge in [-0.1, -0.05) is 36.4 Å². The van der Waals surface area contributed by atoms with Gasteiger partial charge in [0.1, 0.15) is 24.0 Å². The summed E-state index contributed by atoms with van der Waals surface area (Å²) < 4.78 is 20.6. The van der Waals surface area contributed by atoms with Crippen LogP contribution in [0.1, 0.15) is 54.9 Å². The van der Waals surface area contributed by atoms with Gasteiger partial charge in [-0.2, -0.15) is 0 Å². The average molecular weight is 436 g/mol. The van der Waals surface area contributed by atoms with Gasteiger partial charge in [-0.15, -0.1) is 5.10 Å². The predicted molar refractivity (Wildman–Crippen MR) is 114 cm³/mol. The van der Waals surface area contributed by atoms with E-state index >= 15 is 0 Å². The van der Waals surface area contributed by atoms with Crippen LogP contribution >= 0.6 is 0 Å². The van der Waals surface area contributed by atoms with Crippen LogP contribution in [0.25, 0.3) is 0 Å². The standard InChI is InChI=1S/C24H25FN4O3/c1-16(18-7-5-17(6-8-18)13-20-3-2-4-22(20)30)24(31)32-23(14-29-15-26-27-28-29)19-9-11-21(25)12-10-19/h5-12,15-16,20,23H,2-4,13-14H2,1H3/t16-,20?,23?/m0/s1. The highest BCUT2D eigenvalue weighted by Gasteiger charge is 2.26. The first-order valence-electron chi connectivity index (χ1n) is 10.8. The van der Waals surface area contributed by atoms with E-state index in [2.05, 4.69) is 15.5 Å². The van der Waals surface area contributed by atoms with Crippen molar-refractivity contribution in [2.75, 3.05) is 0 Å². The molecule has 0 aliphatic heterocycles. The van der Waals surface area contributed by atoms with Crippen molar-refractivity contribution in [3.8, 4) is 0 Å². The van der Waals surface area contributed by atoms with Crippen molar-refractivity contribution in [1.82, 2.24) is 20.2 Å². The molecular formula is C24H25FN4O3. The largest absolute Gasteiger partial charge is 0.455 e. The van der Waals surface area contributed by atoms with Gasteiger partial charge in [0.2, 0.25) is 0 Å². The van der Waals surface area contributed by atoms with Crippen molar-refractivity contribution in [3.05, 3.63) is 77.4 Å². The lowest BCUT2D eigenvalue weighted by molar-refractivity contribution is -0.151. The maximum absolute atomic E-state index is 13.4. The Kier molecular flexibility index (Phi) is 6.68. The lowest BCUT2D eigenvalue weighted by Gasteiger charge is -2.21. The van der Waals surface area contributed by atoms with Crippen molar-refractivity contribution in [2.24, 2.45) is 5.92 Å². The van der Waals surface area contributed by atoms with Gasteiger partial charge in [0, 0.05) is 12.3 Å². The molecule has 166 valence electrons. The summed E-state index contributed by atoms with van der Waals surface area (Å²) in [5.74, 6) is -0.791. The second kappa shape index (κ2) is 9.80. The zero-order chi connectivity index (χ0) is 22.5. The molecule has 32 heavy (non-hydrogen) atoms. The summed E-state index contributed by atoms with van der Waals surface area (Å²) in [5, 5.41) is 11.0. The highest BCUT2D eigenvalue weighted by molar-refractivity contribution is 5.83. The number of carbonyl (C=O) groups is 2. The zero-order valence-electron chi connectivity index (χ0n) is 17.9. The molecule has 0 amide bonds. The molecule has 2 aromatic carbocycles. The molecule has 1 aliphatic carbocycles. The molecule has 0 saturated heterocycles. The molecule has 1 saturated carbocycles. The fraction of sp³-hybridized carbons (Fsp3) is 0.375.